The molecule has 0 spiro atoms. The first-order chi connectivity index (χ1) is 11.5. The van der Waals surface area contributed by atoms with Gasteiger partial charge in [0.2, 0.25) is 5.91 Å². The van der Waals surface area contributed by atoms with E-state index in [1.54, 1.807) is 9.80 Å². The van der Waals surface area contributed by atoms with Gasteiger partial charge in [-0.05, 0) is 30.7 Å². The third-order valence-electron chi connectivity index (χ3n) is 4.10. The van der Waals surface area contributed by atoms with E-state index in [9.17, 15) is 13.6 Å². The normalized spacial score (nSPS) is 15.0. The average molecular weight is 371 g/mol. The van der Waals surface area contributed by atoms with Crippen LogP contribution in [0.2, 0.25) is 4.34 Å². The van der Waals surface area contributed by atoms with Gasteiger partial charge in [0.25, 0.3) is 0 Å². The largest absolute Gasteiger partial charge is 0.363 e. The lowest BCUT2D eigenvalue weighted by atomic mass is 10.2. The van der Waals surface area contributed by atoms with Crippen molar-refractivity contribution in [3.8, 4) is 0 Å². The lowest BCUT2D eigenvalue weighted by molar-refractivity contribution is -0.131. The molecule has 0 atom stereocenters. The minimum atomic E-state index is -0.565. The highest BCUT2D eigenvalue weighted by molar-refractivity contribution is 7.16. The fraction of sp³-hybridized carbons (Fsp3) is 0.353. The Labute approximate surface area is 148 Å². The number of carbonyl (C=O) groups is 1. The van der Waals surface area contributed by atoms with Crippen molar-refractivity contribution < 1.29 is 13.6 Å². The maximum absolute atomic E-state index is 13.8. The van der Waals surface area contributed by atoms with Gasteiger partial charge in [0.1, 0.15) is 17.3 Å². The van der Waals surface area contributed by atoms with Gasteiger partial charge in [-0.15, -0.1) is 11.3 Å². The van der Waals surface area contributed by atoms with Crippen LogP contribution in [0.3, 0.4) is 0 Å². The molecule has 3 rings (SSSR count). The lowest BCUT2D eigenvalue weighted by Gasteiger charge is -2.36. The zero-order valence-corrected chi connectivity index (χ0v) is 14.5. The van der Waals surface area contributed by atoms with Gasteiger partial charge < -0.3 is 9.80 Å². The monoisotopic (exact) mass is 370 g/mol. The van der Waals surface area contributed by atoms with E-state index < -0.39 is 11.6 Å². The maximum atomic E-state index is 13.8. The summed E-state index contributed by atoms with van der Waals surface area (Å²) in [6, 6.07) is 7.61. The molecular weight excluding hydrogens is 354 g/mol. The molecule has 2 aromatic rings. The van der Waals surface area contributed by atoms with E-state index in [-0.39, 0.29) is 11.6 Å². The number of aryl methyl sites for hydroxylation is 1. The van der Waals surface area contributed by atoms with E-state index in [4.69, 9.17) is 11.6 Å². The summed E-state index contributed by atoms with van der Waals surface area (Å²) < 4.78 is 28.4. The first-order valence-electron chi connectivity index (χ1n) is 7.75. The Bertz CT molecular complexity index is 709. The van der Waals surface area contributed by atoms with Gasteiger partial charge in [-0.1, -0.05) is 17.7 Å². The molecule has 0 unspecified atom stereocenters. The highest BCUT2D eigenvalue weighted by Crippen LogP contribution is 2.25. The molecule has 3 nitrogen and oxygen atoms in total. The number of piperazine rings is 1. The average Bonchev–Trinajstić information content (AvgIpc) is 2.98. The van der Waals surface area contributed by atoms with Crippen molar-refractivity contribution in [3.05, 3.63) is 51.2 Å². The van der Waals surface area contributed by atoms with Crippen LogP contribution in [-0.2, 0) is 11.2 Å². The lowest BCUT2D eigenvalue weighted by Crippen LogP contribution is -2.49. The number of anilines is 1. The highest BCUT2D eigenvalue weighted by Gasteiger charge is 2.24. The van der Waals surface area contributed by atoms with Crippen LogP contribution in [0.1, 0.15) is 11.3 Å². The Hall–Kier alpha value is -1.66. The van der Waals surface area contributed by atoms with Crippen LogP contribution in [-0.4, -0.2) is 37.0 Å². The van der Waals surface area contributed by atoms with Crippen molar-refractivity contribution >= 4 is 34.5 Å². The Balaban J connectivity index is 1.54. The van der Waals surface area contributed by atoms with Crippen LogP contribution in [0, 0.1) is 11.6 Å². The standard InChI is InChI=1S/C17H17ClF2N2OS/c18-15-6-4-12(24-15)5-7-16(23)21-8-10-22(11-9-21)17-13(19)2-1-3-14(17)20/h1-4,6H,5,7-11H2. The highest BCUT2D eigenvalue weighted by atomic mass is 35.5. The first kappa shape index (κ1) is 17.2. The molecule has 0 radical (unpaired) electrons. The van der Waals surface area contributed by atoms with Gasteiger partial charge in [0.05, 0.1) is 4.34 Å². The number of para-hydroxylation sites is 1. The van der Waals surface area contributed by atoms with Crippen molar-refractivity contribution in [3.63, 3.8) is 0 Å². The van der Waals surface area contributed by atoms with Crippen molar-refractivity contribution in [2.75, 3.05) is 31.1 Å². The van der Waals surface area contributed by atoms with E-state index in [1.165, 1.54) is 29.5 Å². The van der Waals surface area contributed by atoms with Crippen molar-refractivity contribution in [1.29, 1.82) is 0 Å². The third-order valence-corrected chi connectivity index (χ3v) is 5.39. The van der Waals surface area contributed by atoms with Gasteiger partial charge in [-0.25, -0.2) is 8.78 Å². The fourth-order valence-corrected chi connectivity index (χ4v) is 3.93. The van der Waals surface area contributed by atoms with Crippen LogP contribution in [0.5, 0.6) is 0 Å². The molecule has 2 heterocycles. The topological polar surface area (TPSA) is 23.6 Å². The number of carbonyl (C=O) groups excluding carboxylic acids is 1. The molecule has 0 bridgehead atoms. The van der Waals surface area contributed by atoms with Gasteiger partial charge in [0, 0.05) is 37.5 Å². The smallest absolute Gasteiger partial charge is 0.223 e. The zero-order valence-electron chi connectivity index (χ0n) is 13.0. The van der Waals surface area contributed by atoms with Crippen LogP contribution in [0.15, 0.2) is 30.3 Å². The number of amides is 1. The number of rotatable bonds is 4. The number of nitrogens with zero attached hydrogens (tertiary/aromatic N) is 2. The van der Waals surface area contributed by atoms with Gasteiger partial charge in [-0.2, -0.15) is 0 Å². The Morgan fingerprint density at radius 1 is 1.08 bits per heavy atom. The molecule has 1 amide bonds. The summed E-state index contributed by atoms with van der Waals surface area (Å²) in [6.07, 6.45) is 1.09. The van der Waals surface area contributed by atoms with Crippen LogP contribution in [0.25, 0.3) is 0 Å². The van der Waals surface area contributed by atoms with E-state index in [2.05, 4.69) is 0 Å². The Morgan fingerprint density at radius 2 is 1.75 bits per heavy atom. The summed E-state index contributed by atoms with van der Waals surface area (Å²) in [6.45, 7) is 1.79. The van der Waals surface area contributed by atoms with E-state index in [1.807, 2.05) is 12.1 Å². The van der Waals surface area contributed by atoms with Crippen LogP contribution < -0.4 is 4.90 Å². The van der Waals surface area contributed by atoms with Gasteiger partial charge >= 0.3 is 0 Å². The second-order valence-electron chi connectivity index (χ2n) is 5.64. The number of halogens is 3. The molecule has 1 aromatic heterocycles. The predicted molar refractivity (Wildman–Crippen MR) is 92.8 cm³/mol. The number of thiophene rings is 1. The van der Waals surface area contributed by atoms with Crippen molar-refractivity contribution in [2.45, 2.75) is 12.8 Å². The maximum Gasteiger partial charge on any atom is 0.223 e. The molecule has 0 N–H and O–H groups in total. The molecule has 1 saturated heterocycles. The molecule has 1 aromatic carbocycles. The van der Waals surface area contributed by atoms with E-state index in [0.717, 1.165) is 9.21 Å². The minimum Gasteiger partial charge on any atom is -0.363 e. The molecule has 1 fully saturated rings. The van der Waals surface area contributed by atoms with Crippen LogP contribution in [0.4, 0.5) is 14.5 Å². The fourth-order valence-electron chi connectivity index (χ4n) is 2.84. The Kier molecular flexibility index (Phi) is 5.36. The quantitative estimate of drug-likeness (QED) is 0.813. The second kappa shape index (κ2) is 7.49. The number of hydrogen-bond acceptors (Lipinski definition) is 3. The molecule has 128 valence electrons. The molecule has 0 saturated carbocycles. The SMILES string of the molecule is O=C(CCc1ccc(Cl)s1)N1CCN(c2c(F)cccc2F)CC1. The zero-order chi connectivity index (χ0) is 17.1. The summed E-state index contributed by atoms with van der Waals surface area (Å²) in [5.74, 6) is -1.07. The van der Waals surface area contributed by atoms with Crippen molar-refractivity contribution in [1.82, 2.24) is 4.90 Å². The molecule has 7 heteroatoms. The van der Waals surface area contributed by atoms with Gasteiger partial charge in [0.15, 0.2) is 0 Å². The van der Waals surface area contributed by atoms with Gasteiger partial charge in [-0.3, -0.25) is 4.79 Å². The number of benzene rings is 1. The van der Waals surface area contributed by atoms with E-state index >= 15 is 0 Å². The molecule has 24 heavy (non-hydrogen) atoms. The number of hydrogen-bond donors (Lipinski definition) is 0. The van der Waals surface area contributed by atoms with Crippen molar-refractivity contribution in [2.24, 2.45) is 0 Å². The second-order valence-corrected chi connectivity index (χ2v) is 7.44. The van der Waals surface area contributed by atoms with E-state index in [0.29, 0.717) is 39.0 Å². The molecule has 0 aliphatic carbocycles. The minimum absolute atomic E-state index is 0.00201. The first-order valence-corrected chi connectivity index (χ1v) is 8.95. The van der Waals surface area contributed by atoms with Crippen LogP contribution >= 0.6 is 22.9 Å². The summed E-state index contributed by atoms with van der Waals surface area (Å²) in [5, 5.41) is 0. The molecule has 1 aliphatic rings. The molecule has 1 aliphatic heterocycles. The summed E-state index contributed by atoms with van der Waals surface area (Å²) in [7, 11) is 0. The summed E-state index contributed by atoms with van der Waals surface area (Å²) in [5.41, 5.74) is -0.00201. The Morgan fingerprint density at radius 3 is 2.33 bits per heavy atom. The predicted octanol–water partition coefficient (Wildman–Crippen LogP) is 3.96. The summed E-state index contributed by atoms with van der Waals surface area (Å²) >= 11 is 7.36. The molecular formula is C17H17ClF2N2OS. The summed E-state index contributed by atoms with van der Waals surface area (Å²) in [4.78, 5) is 16.8. The third kappa shape index (κ3) is 3.87.